The first-order chi connectivity index (χ1) is 12.9. The SMILES string of the molecule is CCCCN1CCCC(C)C(=N/C=C(\C)c2ccc(OC(C)C)cc2)C1=O. The molecule has 0 N–H and O–H groups in total. The summed E-state index contributed by atoms with van der Waals surface area (Å²) in [7, 11) is 0. The maximum absolute atomic E-state index is 12.9. The van der Waals surface area contributed by atoms with Gasteiger partial charge in [-0.15, -0.1) is 0 Å². The van der Waals surface area contributed by atoms with Gasteiger partial charge in [-0.2, -0.15) is 0 Å². The van der Waals surface area contributed by atoms with E-state index in [-0.39, 0.29) is 17.9 Å². The van der Waals surface area contributed by atoms with Gasteiger partial charge in [0, 0.05) is 25.2 Å². The molecule has 0 bridgehead atoms. The van der Waals surface area contributed by atoms with Gasteiger partial charge in [0.2, 0.25) is 0 Å². The minimum atomic E-state index is 0.109. The molecule has 1 amide bonds. The van der Waals surface area contributed by atoms with E-state index >= 15 is 0 Å². The summed E-state index contributed by atoms with van der Waals surface area (Å²) in [5.41, 5.74) is 2.83. The third kappa shape index (κ3) is 6.23. The van der Waals surface area contributed by atoms with Crippen LogP contribution < -0.4 is 4.74 Å². The molecule has 0 saturated carbocycles. The Labute approximate surface area is 164 Å². The number of allylic oxidation sites excluding steroid dienone is 1. The lowest BCUT2D eigenvalue weighted by atomic mass is 10.0. The molecule has 1 aromatic rings. The number of hydrogen-bond acceptors (Lipinski definition) is 3. The Kier molecular flexibility index (Phi) is 8.08. The average Bonchev–Trinajstić information content (AvgIpc) is 2.76. The van der Waals surface area contributed by atoms with Crippen molar-refractivity contribution in [1.29, 1.82) is 0 Å². The Balaban J connectivity index is 2.17. The molecule has 0 radical (unpaired) electrons. The first kappa shape index (κ1) is 21.2. The normalized spacial score (nSPS) is 20.3. The first-order valence-electron chi connectivity index (χ1n) is 10.2. The number of ether oxygens (including phenoxy) is 1. The largest absolute Gasteiger partial charge is 0.491 e. The number of rotatable bonds is 7. The van der Waals surface area contributed by atoms with Gasteiger partial charge in [-0.05, 0) is 63.3 Å². The highest BCUT2D eigenvalue weighted by Gasteiger charge is 2.27. The number of carbonyl (C=O) groups is 1. The average molecular weight is 371 g/mol. The van der Waals surface area contributed by atoms with Crippen molar-refractivity contribution in [3.05, 3.63) is 36.0 Å². The zero-order valence-electron chi connectivity index (χ0n) is 17.5. The van der Waals surface area contributed by atoms with Crippen molar-refractivity contribution in [3.63, 3.8) is 0 Å². The van der Waals surface area contributed by atoms with Gasteiger partial charge in [-0.3, -0.25) is 9.79 Å². The van der Waals surface area contributed by atoms with Crippen molar-refractivity contribution < 1.29 is 9.53 Å². The van der Waals surface area contributed by atoms with Crippen LogP contribution in [0.25, 0.3) is 5.57 Å². The molecule has 1 saturated heterocycles. The van der Waals surface area contributed by atoms with Crippen LogP contribution in [0.15, 0.2) is 35.5 Å². The molecule has 4 heteroatoms. The van der Waals surface area contributed by atoms with Gasteiger partial charge >= 0.3 is 0 Å². The number of hydrogen-bond donors (Lipinski definition) is 0. The molecule has 148 valence electrons. The maximum atomic E-state index is 12.9. The molecule has 0 aromatic heterocycles. The molecule has 1 fully saturated rings. The summed E-state index contributed by atoms with van der Waals surface area (Å²) in [6, 6.07) is 8.03. The lowest BCUT2D eigenvalue weighted by molar-refractivity contribution is -0.124. The Hall–Kier alpha value is -2.10. The Bertz CT molecular complexity index is 672. The summed E-state index contributed by atoms with van der Waals surface area (Å²) in [6.45, 7) is 12.0. The van der Waals surface area contributed by atoms with Crippen molar-refractivity contribution in [1.82, 2.24) is 4.90 Å². The van der Waals surface area contributed by atoms with Gasteiger partial charge < -0.3 is 9.64 Å². The van der Waals surface area contributed by atoms with Crippen LogP contribution >= 0.6 is 0 Å². The first-order valence-corrected chi connectivity index (χ1v) is 10.2. The van der Waals surface area contributed by atoms with E-state index in [1.807, 2.05) is 56.1 Å². The minimum absolute atomic E-state index is 0.109. The fraction of sp³-hybridized carbons (Fsp3) is 0.565. The van der Waals surface area contributed by atoms with Crippen LogP contribution in [-0.2, 0) is 4.79 Å². The number of aliphatic imine (C=N–C) groups is 1. The van der Waals surface area contributed by atoms with Crippen molar-refractivity contribution in [3.8, 4) is 5.75 Å². The van der Waals surface area contributed by atoms with Crippen LogP contribution in [-0.4, -0.2) is 35.7 Å². The number of amides is 1. The van der Waals surface area contributed by atoms with Crippen LogP contribution in [0.4, 0.5) is 0 Å². The molecule has 2 rings (SSSR count). The van der Waals surface area contributed by atoms with Crippen molar-refractivity contribution in [2.45, 2.75) is 66.4 Å². The molecule has 1 aliphatic rings. The summed E-state index contributed by atoms with van der Waals surface area (Å²) >= 11 is 0. The fourth-order valence-electron chi connectivity index (χ4n) is 3.25. The molecule has 1 heterocycles. The molecule has 1 aliphatic heterocycles. The third-order valence-electron chi connectivity index (χ3n) is 4.90. The van der Waals surface area contributed by atoms with Crippen LogP contribution in [0.2, 0.25) is 0 Å². The zero-order valence-corrected chi connectivity index (χ0v) is 17.5. The standard InChI is InChI=1S/C23H34N2O2/c1-6-7-14-25-15-8-9-18(4)22(23(25)26)24-16-19(5)20-10-12-21(13-11-20)27-17(2)3/h10-13,16-18H,6-9,14-15H2,1-5H3/b19-16+,24-22?. The molecule has 0 spiro atoms. The maximum Gasteiger partial charge on any atom is 0.268 e. The van der Waals surface area contributed by atoms with Gasteiger partial charge in [0.25, 0.3) is 5.91 Å². The topological polar surface area (TPSA) is 41.9 Å². The van der Waals surface area contributed by atoms with Crippen LogP contribution in [0.5, 0.6) is 5.75 Å². The Morgan fingerprint density at radius 3 is 2.67 bits per heavy atom. The summed E-state index contributed by atoms with van der Waals surface area (Å²) in [6.07, 6.45) is 6.22. The monoisotopic (exact) mass is 370 g/mol. The quantitative estimate of drug-likeness (QED) is 0.650. The highest BCUT2D eigenvalue weighted by molar-refractivity contribution is 6.39. The van der Waals surface area contributed by atoms with E-state index in [2.05, 4.69) is 18.8 Å². The van der Waals surface area contributed by atoms with E-state index in [0.29, 0.717) is 5.71 Å². The molecule has 4 nitrogen and oxygen atoms in total. The second-order valence-electron chi connectivity index (χ2n) is 7.71. The highest BCUT2D eigenvalue weighted by Crippen LogP contribution is 2.21. The van der Waals surface area contributed by atoms with Gasteiger partial charge in [-0.1, -0.05) is 32.4 Å². The summed E-state index contributed by atoms with van der Waals surface area (Å²) in [5.74, 6) is 1.18. The van der Waals surface area contributed by atoms with Crippen LogP contribution in [0.3, 0.4) is 0 Å². The second-order valence-corrected chi connectivity index (χ2v) is 7.71. The molecular formula is C23H34N2O2. The van der Waals surface area contributed by atoms with E-state index < -0.39 is 0 Å². The fourth-order valence-corrected chi connectivity index (χ4v) is 3.25. The molecule has 1 aromatic carbocycles. The highest BCUT2D eigenvalue weighted by atomic mass is 16.5. The predicted molar refractivity (Wildman–Crippen MR) is 113 cm³/mol. The Morgan fingerprint density at radius 1 is 1.33 bits per heavy atom. The molecule has 0 aliphatic carbocycles. The van der Waals surface area contributed by atoms with Crippen LogP contribution in [0, 0.1) is 5.92 Å². The second kappa shape index (κ2) is 10.3. The minimum Gasteiger partial charge on any atom is -0.491 e. The van der Waals surface area contributed by atoms with E-state index in [4.69, 9.17) is 4.74 Å². The third-order valence-corrected chi connectivity index (χ3v) is 4.90. The summed E-state index contributed by atoms with van der Waals surface area (Å²) in [5, 5.41) is 0. The predicted octanol–water partition coefficient (Wildman–Crippen LogP) is 5.33. The van der Waals surface area contributed by atoms with Crippen molar-refractivity contribution in [2.24, 2.45) is 10.9 Å². The smallest absolute Gasteiger partial charge is 0.268 e. The number of likely N-dealkylation sites (tertiary alicyclic amines) is 1. The summed E-state index contributed by atoms with van der Waals surface area (Å²) < 4.78 is 5.69. The number of benzene rings is 1. The molecular weight excluding hydrogens is 336 g/mol. The van der Waals surface area contributed by atoms with Crippen molar-refractivity contribution >= 4 is 17.2 Å². The van der Waals surface area contributed by atoms with Crippen molar-refractivity contribution in [2.75, 3.05) is 13.1 Å². The molecule has 1 atom stereocenters. The van der Waals surface area contributed by atoms with E-state index in [1.54, 1.807) is 0 Å². The Morgan fingerprint density at radius 2 is 2.04 bits per heavy atom. The lowest BCUT2D eigenvalue weighted by Crippen LogP contribution is -2.37. The number of unbranched alkanes of at least 4 members (excludes halogenated alkanes) is 1. The number of carbonyl (C=O) groups excluding carboxylic acids is 1. The van der Waals surface area contributed by atoms with E-state index in [9.17, 15) is 4.79 Å². The zero-order chi connectivity index (χ0) is 19.8. The van der Waals surface area contributed by atoms with Gasteiger partial charge in [0.1, 0.15) is 11.5 Å². The van der Waals surface area contributed by atoms with E-state index in [0.717, 1.165) is 55.7 Å². The molecule has 1 unspecified atom stereocenters. The summed E-state index contributed by atoms with van der Waals surface area (Å²) in [4.78, 5) is 19.5. The van der Waals surface area contributed by atoms with Gasteiger partial charge in [-0.25, -0.2) is 0 Å². The van der Waals surface area contributed by atoms with Gasteiger partial charge in [0.15, 0.2) is 0 Å². The lowest BCUT2D eigenvalue weighted by Gasteiger charge is -2.20. The van der Waals surface area contributed by atoms with E-state index in [1.165, 1.54) is 0 Å². The molecule has 27 heavy (non-hydrogen) atoms. The number of nitrogens with zero attached hydrogens (tertiary/aromatic N) is 2. The van der Waals surface area contributed by atoms with Crippen LogP contribution in [0.1, 0.15) is 65.9 Å². The van der Waals surface area contributed by atoms with Gasteiger partial charge in [0.05, 0.1) is 6.10 Å².